The van der Waals surface area contributed by atoms with E-state index in [0.717, 1.165) is 6.42 Å². The van der Waals surface area contributed by atoms with Crippen LogP contribution in [0.5, 0.6) is 0 Å². The summed E-state index contributed by atoms with van der Waals surface area (Å²) in [5.74, 6) is -0.346. The number of carbonyl (C=O) groups is 3. The van der Waals surface area contributed by atoms with Gasteiger partial charge in [-0.15, -0.1) is 0 Å². The Morgan fingerprint density at radius 3 is 2.63 bits per heavy atom. The smallest absolute Gasteiger partial charge is 0.339 e. The van der Waals surface area contributed by atoms with Crippen molar-refractivity contribution in [3.63, 3.8) is 0 Å². The highest BCUT2D eigenvalue weighted by Crippen LogP contribution is 2.36. The lowest BCUT2D eigenvalue weighted by Gasteiger charge is -2.41. The van der Waals surface area contributed by atoms with Crippen LogP contribution >= 0.6 is 0 Å². The summed E-state index contributed by atoms with van der Waals surface area (Å²) >= 11 is 0. The van der Waals surface area contributed by atoms with E-state index in [-0.39, 0.29) is 17.4 Å². The van der Waals surface area contributed by atoms with E-state index >= 15 is 0 Å². The second-order valence-corrected chi connectivity index (χ2v) is 7.75. The number of aromatic carboxylic acids is 1. The molecule has 0 aromatic carbocycles. The van der Waals surface area contributed by atoms with E-state index in [4.69, 9.17) is 0 Å². The number of nitrogens with one attached hydrogen (secondary N) is 2. The molecule has 3 N–H and O–H groups in total. The van der Waals surface area contributed by atoms with E-state index in [1.807, 2.05) is 4.90 Å². The molecule has 0 bridgehead atoms. The highest BCUT2D eigenvalue weighted by Gasteiger charge is 2.51. The lowest BCUT2D eigenvalue weighted by molar-refractivity contribution is -0.126. The number of anilines is 1. The number of carboxylic acids is 1. The van der Waals surface area contributed by atoms with Gasteiger partial charge in [-0.05, 0) is 49.7 Å². The highest BCUT2D eigenvalue weighted by atomic mass is 16.4. The van der Waals surface area contributed by atoms with E-state index in [2.05, 4.69) is 29.5 Å². The number of aromatic nitrogens is 1. The number of carboxylic acid groups (broad SMARTS) is 1. The molecule has 1 aromatic rings. The van der Waals surface area contributed by atoms with Crippen LogP contribution in [-0.4, -0.2) is 46.6 Å². The van der Waals surface area contributed by atoms with E-state index < -0.39 is 17.5 Å². The van der Waals surface area contributed by atoms with Gasteiger partial charge in [0.15, 0.2) is 0 Å². The summed E-state index contributed by atoms with van der Waals surface area (Å²) in [6.45, 7) is 5.38. The number of piperidine rings is 1. The number of imide groups is 1. The Balaban J connectivity index is 1.76. The monoisotopic (exact) mass is 374 g/mol. The molecule has 0 aliphatic carbocycles. The minimum absolute atomic E-state index is 0.0101. The van der Waals surface area contributed by atoms with Gasteiger partial charge in [-0.1, -0.05) is 13.8 Å². The molecule has 2 fully saturated rings. The fraction of sp³-hybridized carbons (Fsp3) is 0.579. The standard InChI is InChI=1S/C19H26N4O4/c1-12(2)5-8-19(17(26)21-18(27)22-19)13-6-10-23(11-7-13)15-14(16(24)25)4-3-9-20-15/h3-4,9,12-13H,5-8,10-11H2,1-2H3,(H,24,25)(H2,21,22,26,27). The minimum atomic E-state index is -1.00. The number of urea groups is 1. The molecule has 0 radical (unpaired) electrons. The normalized spacial score (nSPS) is 23.4. The van der Waals surface area contributed by atoms with Crippen molar-refractivity contribution in [1.82, 2.24) is 15.6 Å². The summed E-state index contributed by atoms with van der Waals surface area (Å²) < 4.78 is 0. The van der Waals surface area contributed by atoms with Gasteiger partial charge >= 0.3 is 12.0 Å². The molecule has 1 unspecified atom stereocenters. The van der Waals surface area contributed by atoms with Gasteiger partial charge in [0.2, 0.25) is 0 Å². The Labute approximate surface area is 158 Å². The van der Waals surface area contributed by atoms with Gasteiger partial charge in [-0.3, -0.25) is 10.1 Å². The molecule has 3 heterocycles. The molecular formula is C19H26N4O4. The van der Waals surface area contributed by atoms with Crippen LogP contribution in [0.2, 0.25) is 0 Å². The summed E-state index contributed by atoms with van der Waals surface area (Å²) in [6, 6.07) is 2.73. The zero-order valence-electron chi connectivity index (χ0n) is 15.7. The van der Waals surface area contributed by atoms with Crippen molar-refractivity contribution in [2.24, 2.45) is 11.8 Å². The predicted octanol–water partition coefficient (Wildman–Crippen LogP) is 2.01. The van der Waals surface area contributed by atoms with Crippen molar-refractivity contribution in [2.75, 3.05) is 18.0 Å². The first-order chi connectivity index (χ1) is 12.8. The third-order valence-electron chi connectivity index (χ3n) is 5.59. The van der Waals surface area contributed by atoms with Crippen molar-refractivity contribution in [3.05, 3.63) is 23.9 Å². The maximum absolute atomic E-state index is 12.6. The van der Waals surface area contributed by atoms with Crippen LogP contribution < -0.4 is 15.5 Å². The Hall–Kier alpha value is -2.64. The Morgan fingerprint density at radius 2 is 2.07 bits per heavy atom. The molecule has 0 spiro atoms. The Kier molecular flexibility index (Phi) is 5.34. The fourth-order valence-electron chi connectivity index (χ4n) is 4.09. The van der Waals surface area contributed by atoms with Crippen LogP contribution in [0.4, 0.5) is 10.6 Å². The summed E-state index contributed by atoms with van der Waals surface area (Å²) in [6.07, 6.45) is 4.40. The van der Waals surface area contributed by atoms with Crippen LogP contribution in [0.15, 0.2) is 18.3 Å². The Morgan fingerprint density at radius 1 is 1.37 bits per heavy atom. The predicted molar refractivity (Wildman–Crippen MR) is 99.6 cm³/mol. The third kappa shape index (κ3) is 3.74. The molecule has 2 aliphatic rings. The highest BCUT2D eigenvalue weighted by molar-refractivity contribution is 6.07. The van der Waals surface area contributed by atoms with Gasteiger partial charge in [-0.25, -0.2) is 14.6 Å². The van der Waals surface area contributed by atoms with Crippen molar-refractivity contribution >= 4 is 23.7 Å². The quantitative estimate of drug-likeness (QED) is 0.657. The van der Waals surface area contributed by atoms with Gasteiger partial charge < -0.3 is 15.3 Å². The average Bonchev–Trinajstić information content (AvgIpc) is 2.94. The average molecular weight is 374 g/mol. The molecule has 3 amide bonds. The number of pyridine rings is 1. The molecule has 8 heteroatoms. The number of nitrogens with zero attached hydrogens (tertiary/aromatic N) is 2. The molecule has 27 heavy (non-hydrogen) atoms. The third-order valence-corrected chi connectivity index (χ3v) is 5.59. The second-order valence-electron chi connectivity index (χ2n) is 7.75. The van der Waals surface area contributed by atoms with Crippen LogP contribution in [0.3, 0.4) is 0 Å². The van der Waals surface area contributed by atoms with Gasteiger partial charge in [-0.2, -0.15) is 0 Å². The number of carbonyl (C=O) groups excluding carboxylic acids is 2. The topological polar surface area (TPSA) is 112 Å². The lowest BCUT2D eigenvalue weighted by Crippen LogP contribution is -2.56. The number of rotatable bonds is 6. The molecule has 146 valence electrons. The van der Waals surface area contributed by atoms with Gasteiger partial charge in [0.25, 0.3) is 5.91 Å². The maximum Gasteiger partial charge on any atom is 0.339 e. The zero-order valence-corrected chi connectivity index (χ0v) is 15.7. The lowest BCUT2D eigenvalue weighted by atomic mass is 9.74. The summed E-state index contributed by atoms with van der Waals surface area (Å²) in [7, 11) is 0. The van der Waals surface area contributed by atoms with Gasteiger partial charge in [0, 0.05) is 19.3 Å². The van der Waals surface area contributed by atoms with E-state index in [1.54, 1.807) is 18.3 Å². The summed E-state index contributed by atoms with van der Waals surface area (Å²) in [4.78, 5) is 42.1. The maximum atomic E-state index is 12.6. The van der Waals surface area contributed by atoms with Crippen molar-refractivity contribution < 1.29 is 19.5 Å². The zero-order chi connectivity index (χ0) is 19.6. The second kappa shape index (κ2) is 7.54. The molecule has 8 nitrogen and oxygen atoms in total. The summed E-state index contributed by atoms with van der Waals surface area (Å²) in [5, 5.41) is 14.7. The number of amides is 3. The first-order valence-electron chi connectivity index (χ1n) is 9.40. The van der Waals surface area contributed by atoms with Crippen molar-refractivity contribution in [1.29, 1.82) is 0 Å². The fourth-order valence-corrected chi connectivity index (χ4v) is 4.09. The molecule has 2 aliphatic heterocycles. The molecule has 3 rings (SSSR count). The minimum Gasteiger partial charge on any atom is -0.478 e. The van der Waals surface area contributed by atoms with E-state index in [0.29, 0.717) is 44.1 Å². The van der Waals surface area contributed by atoms with Crippen molar-refractivity contribution in [2.45, 2.75) is 45.1 Å². The molecular weight excluding hydrogens is 348 g/mol. The Bertz CT molecular complexity index is 743. The molecule has 1 atom stereocenters. The number of hydrogen-bond donors (Lipinski definition) is 3. The van der Waals surface area contributed by atoms with Crippen molar-refractivity contribution in [3.8, 4) is 0 Å². The van der Waals surface area contributed by atoms with Gasteiger partial charge in [0.1, 0.15) is 16.9 Å². The van der Waals surface area contributed by atoms with E-state index in [1.165, 1.54) is 0 Å². The molecule has 1 aromatic heterocycles. The van der Waals surface area contributed by atoms with Crippen LogP contribution in [0.25, 0.3) is 0 Å². The van der Waals surface area contributed by atoms with Gasteiger partial charge in [0.05, 0.1) is 0 Å². The van der Waals surface area contributed by atoms with Crippen LogP contribution in [0.1, 0.15) is 49.9 Å². The number of hydrogen-bond acceptors (Lipinski definition) is 5. The first-order valence-corrected chi connectivity index (χ1v) is 9.40. The summed E-state index contributed by atoms with van der Waals surface area (Å²) in [5.41, 5.74) is -0.690. The van der Waals surface area contributed by atoms with Crippen LogP contribution in [0, 0.1) is 11.8 Å². The largest absolute Gasteiger partial charge is 0.478 e. The molecule has 0 saturated carbocycles. The van der Waals surface area contributed by atoms with E-state index in [9.17, 15) is 19.5 Å². The van der Waals surface area contributed by atoms with Crippen LogP contribution in [-0.2, 0) is 4.79 Å². The first kappa shape index (κ1) is 19.1. The SMILES string of the molecule is CC(C)CCC1(C2CCN(c3ncccc3C(=O)O)CC2)NC(=O)NC1=O. The molecule has 2 saturated heterocycles.